The Balaban J connectivity index is 1.53. The average molecular weight is 357 g/mol. The predicted octanol–water partition coefficient (Wildman–Crippen LogP) is 5.17. The fraction of sp³-hybridized carbons (Fsp3) is 0.100. The van der Waals surface area contributed by atoms with Crippen molar-refractivity contribution in [1.82, 2.24) is 5.43 Å². The molecular formula is C20H18ClFN2O. The van der Waals surface area contributed by atoms with E-state index in [2.05, 4.69) is 10.9 Å². The molecule has 0 spiro atoms. The number of rotatable bonds is 7. The second kappa shape index (κ2) is 8.51. The van der Waals surface area contributed by atoms with E-state index < -0.39 is 5.82 Å². The van der Waals surface area contributed by atoms with Crippen LogP contribution >= 0.6 is 11.6 Å². The van der Waals surface area contributed by atoms with Crippen LogP contribution in [0, 0.1) is 5.82 Å². The van der Waals surface area contributed by atoms with Crippen molar-refractivity contribution in [3.63, 3.8) is 0 Å². The summed E-state index contributed by atoms with van der Waals surface area (Å²) in [5.74, 6) is 0.323. The predicted molar refractivity (Wildman–Crippen MR) is 99.1 cm³/mol. The molecule has 0 aromatic heterocycles. The molecule has 0 saturated heterocycles. The minimum Gasteiger partial charge on any atom is -0.489 e. The van der Waals surface area contributed by atoms with E-state index in [1.54, 1.807) is 12.1 Å². The molecule has 0 saturated carbocycles. The highest BCUT2D eigenvalue weighted by Gasteiger charge is 2.03. The number of para-hydroxylation sites is 1. The minimum atomic E-state index is -0.426. The Bertz CT molecular complexity index is 827. The van der Waals surface area contributed by atoms with E-state index in [0.717, 1.165) is 22.6 Å². The van der Waals surface area contributed by atoms with Gasteiger partial charge in [0.05, 0.1) is 5.02 Å². The molecular weight excluding hydrogens is 339 g/mol. The first-order valence-corrected chi connectivity index (χ1v) is 8.28. The summed E-state index contributed by atoms with van der Waals surface area (Å²) in [4.78, 5) is 0. The number of hydrogen-bond donors (Lipinski definition) is 2. The van der Waals surface area contributed by atoms with Crippen LogP contribution in [-0.4, -0.2) is 0 Å². The van der Waals surface area contributed by atoms with Gasteiger partial charge in [-0.1, -0.05) is 48.0 Å². The van der Waals surface area contributed by atoms with Crippen molar-refractivity contribution in [2.24, 2.45) is 0 Å². The maximum atomic E-state index is 13.2. The molecule has 2 N–H and O–H groups in total. The second-order valence-electron chi connectivity index (χ2n) is 5.53. The quantitative estimate of drug-likeness (QED) is 0.572. The van der Waals surface area contributed by atoms with Crippen LogP contribution in [0.5, 0.6) is 5.75 Å². The molecule has 0 heterocycles. The number of hydrogen-bond acceptors (Lipinski definition) is 3. The van der Waals surface area contributed by atoms with Crippen LogP contribution in [0.25, 0.3) is 0 Å². The summed E-state index contributed by atoms with van der Waals surface area (Å²) in [5.41, 5.74) is 9.21. The van der Waals surface area contributed by atoms with E-state index in [1.807, 2.05) is 54.6 Å². The Morgan fingerprint density at radius 3 is 2.52 bits per heavy atom. The number of halogens is 2. The molecule has 25 heavy (non-hydrogen) atoms. The van der Waals surface area contributed by atoms with Crippen molar-refractivity contribution in [3.8, 4) is 5.75 Å². The Morgan fingerprint density at radius 2 is 1.72 bits per heavy atom. The van der Waals surface area contributed by atoms with E-state index in [1.165, 1.54) is 6.07 Å². The molecule has 0 aliphatic heterocycles. The maximum Gasteiger partial charge on any atom is 0.141 e. The molecule has 3 aromatic carbocycles. The van der Waals surface area contributed by atoms with Crippen LogP contribution in [-0.2, 0) is 13.2 Å². The van der Waals surface area contributed by atoms with E-state index in [-0.39, 0.29) is 5.02 Å². The highest BCUT2D eigenvalue weighted by Crippen LogP contribution is 2.19. The number of hydrazine groups is 1. The third-order valence-electron chi connectivity index (χ3n) is 3.59. The van der Waals surface area contributed by atoms with Gasteiger partial charge in [-0.25, -0.2) is 9.82 Å². The molecule has 5 heteroatoms. The third-order valence-corrected chi connectivity index (χ3v) is 3.88. The topological polar surface area (TPSA) is 33.3 Å². The number of benzene rings is 3. The van der Waals surface area contributed by atoms with E-state index in [9.17, 15) is 4.39 Å². The van der Waals surface area contributed by atoms with Crippen molar-refractivity contribution in [2.45, 2.75) is 13.2 Å². The van der Waals surface area contributed by atoms with Gasteiger partial charge in [0.1, 0.15) is 18.2 Å². The van der Waals surface area contributed by atoms with Crippen molar-refractivity contribution < 1.29 is 9.13 Å². The Hall–Kier alpha value is -2.56. The summed E-state index contributed by atoms with van der Waals surface area (Å²) >= 11 is 5.78. The largest absolute Gasteiger partial charge is 0.489 e. The summed E-state index contributed by atoms with van der Waals surface area (Å²) in [6.07, 6.45) is 0. The monoisotopic (exact) mass is 356 g/mol. The zero-order valence-corrected chi connectivity index (χ0v) is 14.3. The SMILES string of the molecule is Fc1ccc(COc2cccc(CNNc3ccccc3)c2)cc1Cl. The molecule has 0 amide bonds. The summed E-state index contributed by atoms with van der Waals surface area (Å²) < 4.78 is 18.9. The Labute approximate surface area is 151 Å². The fourth-order valence-corrected chi connectivity index (χ4v) is 2.51. The molecule has 3 nitrogen and oxygen atoms in total. The molecule has 0 unspecified atom stereocenters. The van der Waals surface area contributed by atoms with Crippen molar-refractivity contribution >= 4 is 17.3 Å². The van der Waals surface area contributed by atoms with Crippen LogP contribution in [0.2, 0.25) is 5.02 Å². The highest BCUT2D eigenvalue weighted by atomic mass is 35.5. The van der Waals surface area contributed by atoms with Gasteiger partial charge in [0.15, 0.2) is 0 Å². The summed E-state index contributed by atoms with van der Waals surface area (Å²) in [7, 11) is 0. The van der Waals surface area contributed by atoms with Gasteiger partial charge in [-0.2, -0.15) is 0 Å². The van der Waals surface area contributed by atoms with Crippen molar-refractivity contribution in [2.75, 3.05) is 5.43 Å². The van der Waals surface area contributed by atoms with Gasteiger partial charge in [-0.15, -0.1) is 0 Å². The lowest BCUT2D eigenvalue weighted by Gasteiger charge is -2.11. The molecule has 128 valence electrons. The summed E-state index contributed by atoms with van der Waals surface area (Å²) in [5, 5.41) is 0.103. The van der Waals surface area contributed by atoms with Crippen LogP contribution in [0.15, 0.2) is 72.8 Å². The lowest BCUT2D eigenvalue weighted by molar-refractivity contribution is 0.305. The number of ether oxygens (including phenoxy) is 1. The Morgan fingerprint density at radius 1 is 0.880 bits per heavy atom. The van der Waals surface area contributed by atoms with Crippen molar-refractivity contribution in [1.29, 1.82) is 0 Å². The van der Waals surface area contributed by atoms with Gasteiger partial charge < -0.3 is 10.2 Å². The third kappa shape index (κ3) is 5.21. The Kier molecular flexibility index (Phi) is 5.88. The standard InChI is InChI=1S/C20H18ClFN2O/c21-19-12-16(9-10-20(19)22)14-25-18-8-4-5-15(11-18)13-23-24-17-6-2-1-3-7-17/h1-12,23-24H,13-14H2. The summed E-state index contributed by atoms with van der Waals surface area (Å²) in [6, 6.07) is 22.3. The van der Waals surface area contributed by atoms with Gasteiger partial charge in [0, 0.05) is 12.2 Å². The normalized spacial score (nSPS) is 10.5. The lowest BCUT2D eigenvalue weighted by Crippen LogP contribution is -2.20. The molecule has 0 aliphatic rings. The van der Waals surface area contributed by atoms with Gasteiger partial charge in [-0.05, 0) is 47.5 Å². The first kappa shape index (κ1) is 17.3. The van der Waals surface area contributed by atoms with Crippen LogP contribution in [0.4, 0.5) is 10.1 Å². The maximum absolute atomic E-state index is 13.2. The first-order chi connectivity index (χ1) is 12.2. The van der Waals surface area contributed by atoms with Crippen LogP contribution < -0.4 is 15.6 Å². The van der Waals surface area contributed by atoms with Crippen LogP contribution in [0.3, 0.4) is 0 Å². The second-order valence-corrected chi connectivity index (χ2v) is 5.94. The molecule has 3 rings (SSSR count). The minimum absolute atomic E-state index is 0.103. The molecule has 0 bridgehead atoms. The molecule has 0 radical (unpaired) electrons. The molecule has 0 aliphatic carbocycles. The molecule has 0 fully saturated rings. The zero-order chi connectivity index (χ0) is 17.5. The van der Waals surface area contributed by atoms with Crippen LogP contribution in [0.1, 0.15) is 11.1 Å². The fourth-order valence-electron chi connectivity index (χ4n) is 2.31. The van der Waals surface area contributed by atoms with E-state index >= 15 is 0 Å². The van der Waals surface area contributed by atoms with Crippen molar-refractivity contribution in [3.05, 3.63) is 94.8 Å². The summed E-state index contributed by atoms with van der Waals surface area (Å²) in [6.45, 7) is 0.980. The highest BCUT2D eigenvalue weighted by molar-refractivity contribution is 6.30. The first-order valence-electron chi connectivity index (χ1n) is 7.90. The lowest BCUT2D eigenvalue weighted by atomic mass is 10.2. The van der Waals surface area contributed by atoms with E-state index in [0.29, 0.717) is 13.2 Å². The number of nitrogens with one attached hydrogen (secondary N) is 2. The molecule has 3 aromatic rings. The van der Waals surface area contributed by atoms with Gasteiger partial charge in [-0.3, -0.25) is 0 Å². The zero-order valence-electron chi connectivity index (χ0n) is 13.5. The molecule has 0 atom stereocenters. The smallest absolute Gasteiger partial charge is 0.141 e. The van der Waals surface area contributed by atoms with Gasteiger partial charge >= 0.3 is 0 Å². The van der Waals surface area contributed by atoms with E-state index in [4.69, 9.17) is 16.3 Å². The number of anilines is 1. The average Bonchev–Trinajstić information content (AvgIpc) is 2.64. The van der Waals surface area contributed by atoms with Gasteiger partial charge in [0.25, 0.3) is 0 Å². The van der Waals surface area contributed by atoms with Gasteiger partial charge in [0.2, 0.25) is 0 Å².